The number of hydrogen-bond acceptors (Lipinski definition) is 3. The summed E-state index contributed by atoms with van der Waals surface area (Å²) in [6, 6.07) is 23.3. The predicted molar refractivity (Wildman–Crippen MR) is 121 cm³/mol. The van der Waals surface area contributed by atoms with E-state index in [1.807, 2.05) is 30.3 Å². The molecule has 3 aromatic carbocycles. The van der Waals surface area contributed by atoms with Crippen LogP contribution in [0.15, 0.2) is 89.7 Å². The van der Waals surface area contributed by atoms with E-state index in [0.717, 1.165) is 5.56 Å². The minimum Gasteiger partial charge on any atom is -0.348 e. The molecule has 0 atom stereocenters. The highest BCUT2D eigenvalue weighted by Gasteiger charge is 2.16. The second-order valence-electron chi connectivity index (χ2n) is 7.20. The van der Waals surface area contributed by atoms with Gasteiger partial charge < -0.3 is 10.6 Å². The maximum atomic E-state index is 13.8. The maximum absolute atomic E-state index is 13.8. The van der Waals surface area contributed by atoms with Crippen LogP contribution in [0.4, 0.5) is 10.1 Å². The average molecular weight is 429 g/mol. The average Bonchev–Trinajstić information content (AvgIpc) is 2.81. The maximum Gasteiger partial charge on any atom is 0.252 e. The van der Waals surface area contributed by atoms with Crippen molar-refractivity contribution < 1.29 is 14.0 Å². The van der Waals surface area contributed by atoms with Gasteiger partial charge in [-0.2, -0.15) is 0 Å². The van der Waals surface area contributed by atoms with E-state index >= 15 is 0 Å². The van der Waals surface area contributed by atoms with Crippen LogP contribution in [0.2, 0.25) is 0 Å². The highest BCUT2D eigenvalue weighted by molar-refractivity contribution is 6.06. The number of benzene rings is 3. The normalized spacial score (nSPS) is 10.7. The van der Waals surface area contributed by atoms with Crippen LogP contribution in [0.3, 0.4) is 0 Å². The number of hydrogen-bond donors (Lipinski definition) is 2. The van der Waals surface area contributed by atoms with Crippen molar-refractivity contribution in [3.05, 3.63) is 112 Å². The summed E-state index contributed by atoms with van der Waals surface area (Å²) in [6.07, 6.45) is 0. The van der Waals surface area contributed by atoms with Gasteiger partial charge >= 0.3 is 0 Å². The summed E-state index contributed by atoms with van der Waals surface area (Å²) in [5, 5.41) is 5.84. The van der Waals surface area contributed by atoms with E-state index < -0.39 is 17.3 Å². The summed E-state index contributed by atoms with van der Waals surface area (Å²) >= 11 is 0. The Hall–Kier alpha value is -4.26. The topological polar surface area (TPSA) is 80.2 Å². The first-order valence-corrected chi connectivity index (χ1v) is 10.0. The van der Waals surface area contributed by atoms with Crippen molar-refractivity contribution in [1.29, 1.82) is 0 Å². The van der Waals surface area contributed by atoms with E-state index in [0.29, 0.717) is 17.4 Å². The first kappa shape index (κ1) is 21.0. The molecule has 0 radical (unpaired) electrons. The molecule has 0 aliphatic rings. The van der Waals surface area contributed by atoms with Crippen molar-refractivity contribution >= 4 is 28.4 Å². The molecule has 0 unspecified atom stereocenters. The van der Waals surface area contributed by atoms with Crippen molar-refractivity contribution in [2.45, 2.75) is 13.1 Å². The van der Waals surface area contributed by atoms with Gasteiger partial charge in [-0.05, 0) is 23.8 Å². The first-order valence-electron chi connectivity index (χ1n) is 10.0. The smallest absolute Gasteiger partial charge is 0.252 e. The second-order valence-corrected chi connectivity index (χ2v) is 7.20. The number of anilines is 1. The van der Waals surface area contributed by atoms with E-state index in [2.05, 4.69) is 10.6 Å². The van der Waals surface area contributed by atoms with Crippen LogP contribution in [0.25, 0.3) is 10.9 Å². The molecule has 4 rings (SSSR count). The Balaban J connectivity index is 1.61. The lowest BCUT2D eigenvalue weighted by atomic mass is 10.1. The van der Waals surface area contributed by atoms with Gasteiger partial charge in [-0.15, -0.1) is 0 Å². The predicted octanol–water partition coefficient (Wildman–Crippen LogP) is 3.71. The fraction of sp³-hybridized carbons (Fsp3) is 0.0800. The molecule has 0 aliphatic carbocycles. The number of carbonyl (C=O) groups excluding carboxylic acids is 2. The van der Waals surface area contributed by atoms with E-state index in [-0.39, 0.29) is 23.7 Å². The molecule has 0 fully saturated rings. The Labute approximate surface area is 183 Å². The van der Waals surface area contributed by atoms with Crippen LogP contribution in [0.5, 0.6) is 0 Å². The molecule has 0 spiro atoms. The number of pyridine rings is 1. The molecule has 2 N–H and O–H groups in total. The highest BCUT2D eigenvalue weighted by atomic mass is 19.1. The summed E-state index contributed by atoms with van der Waals surface area (Å²) in [4.78, 5) is 38.1. The van der Waals surface area contributed by atoms with E-state index in [4.69, 9.17) is 0 Å². The van der Waals surface area contributed by atoms with Gasteiger partial charge in [0.2, 0.25) is 5.91 Å². The number of halogens is 1. The molecular weight excluding hydrogens is 409 g/mol. The zero-order valence-corrected chi connectivity index (χ0v) is 17.0. The molecule has 32 heavy (non-hydrogen) atoms. The Morgan fingerprint density at radius 3 is 2.34 bits per heavy atom. The molecule has 0 saturated heterocycles. The molecular formula is C25H20FN3O3. The lowest BCUT2D eigenvalue weighted by Gasteiger charge is -2.14. The van der Waals surface area contributed by atoms with Gasteiger partial charge in [-0.1, -0.05) is 60.7 Å². The van der Waals surface area contributed by atoms with Crippen LogP contribution in [0.1, 0.15) is 15.9 Å². The van der Waals surface area contributed by atoms with Crippen molar-refractivity contribution in [2.75, 3.05) is 5.32 Å². The van der Waals surface area contributed by atoms with Crippen LogP contribution in [0, 0.1) is 5.82 Å². The molecule has 0 saturated carbocycles. The largest absolute Gasteiger partial charge is 0.348 e. The quantitative estimate of drug-likeness (QED) is 0.490. The number of para-hydroxylation sites is 2. The number of nitrogens with one attached hydrogen (secondary N) is 2. The minimum atomic E-state index is -0.566. The number of rotatable bonds is 6. The van der Waals surface area contributed by atoms with Crippen LogP contribution in [-0.4, -0.2) is 16.4 Å². The molecule has 0 bridgehead atoms. The Morgan fingerprint density at radius 2 is 1.56 bits per heavy atom. The summed E-state index contributed by atoms with van der Waals surface area (Å²) < 4.78 is 15.1. The number of aromatic nitrogens is 1. The molecule has 2 amide bonds. The second kappa shape index (κ2) is 9.26. The van der Waals surface area contributed by atoms with E-state index in [1.54, 1.807) is 30.3 Å². The fourth-order valence-electron chi connectivity index (χ4n) is 3.45. The van der Waals surface area contributed by atoms with Gasteiger partial charge in [0.05, 0.1) is 16.8 Å². The lowest BCUT2D eigenvalue weighted by molar-refractivity contribution is -0.116. The Morgan fingerprint density at radius 1 is 0.875 bits per heavy atom. The van der Waals surface area contributed by atoms with Gasteiger partial charge in [0.1, 0.15) is 12.4 Å². The number of amides is 2. The number of carbonyl (C=O) groups is 2. The zero-order valence-electron chi connectivity index (χ0n) is 17.0. The molecule has 6 nitrogen and oxygen atoms in total. The van der Waals surface area contributed by atoms with Gasteiger partial charge in [-0.3, -0.25) is 19.0 Å². The van der Waals surface area contributed by atoms with E-state index in [1.165, 1.54) is 28.8 Å². The first-order chi connectivity index (χ1) is 15.5. The third-order valence-electron chi connectivity index (χ3n) is 5.01. The van der Waals surface area contributed by atoms with Crippen molar-refractivity contribution in [1.82, 2.24) is 9.88 Å². The molecule has 1 aromatic heterocycles. The minimum absolute atomic E-state index is 0.0340. The van der Waals surface area contributed by atoms with E-state index in [9.17, 15) is 18.8 Å². The zero-order chi connectivity index (χ0) is 22.5. The van der Waals surface area contributed by atoms with Crippen LogP contribution < -0.4 is 16.2 Å². The number of nitrogens with zero attached hydrogens (tertiary/aromatic N) is 1. The SMILES string of the molecule is O=C(Cn1c(=O)cc(C(=O)NCc2ccccc2)c2ccccc21)Nc1ccccc1F. The molecule has 0 aliphatic heterocycles. The van der Waals surface area contributed by atoms with Crippen molar-refractivity contribution in [2.24, 2.45) is 0 Å². The highest BCUT2D eigenvalue weighted by Crippen LogP contribution is 2.18. The molecule has 7 heteroatoms. The van der Waals surface area contributed by atoms with Gasteiger partial charge in [0, 0.05) is 18.0 Å². The monoisotopic (exact) mass is 429 g/mol. The third-order valence-corrected chi connectivity index (χ3v) is 5.01. The summed E-state index contributed by atoms with van der Waals surface area (Å²) in [5.41, 5.74) is 1.13. The molecule has 1 heterocycles. The van der Waals surface area contributed by atoms with Crippen LogP contribution in [-0.2, 0) is 17.9 Å². The van der Waals surface area contributed by atoms with Gasteiger partial charge in [0.25, 0.3) is 11.5 Å². The van der Waals surface area contributed by atoms with Crippen molar-refractivity contribution in [3.8, 4) is 0 Å². The fourth-order valence-corrected chi connectivity index (χ4v) is 3.45. The molecule has 160 valence electrons. The summed E-state index contributed by atoms with van der Waals surface area (Å²) in [6.45, 7) is 0.00171. The van der Waals surface area contributed by atoms with Gasteiger partial charge in [0.15, 0.2) is 0 Å². The third kappa shape index (κ3) is 4.57. The Bertz CT molecular complexity index is 1350. The summed E-state index contributed by atoms with van der Waals surface area (Å²) in [5.74, 6) is -1.50. The number of fused-ring (bicyclic) bond motifs is 1. The van der Waals surface area contributed by atoms with Crippen molar-refractivity contribution in [3.63, 3.8) is 0 Å². The van der Waals surface area contributed by atoms with Crippen LogP contribution >= 0.6 is 0 Å². The molecule has 4 aromatic rings. The lowest BCUT2D eigenvalue weighted by Crippen LogP contribution is -2.30. The Kier molecular flexibility index (Phi) is 6.07. The summed E-state index contributed by atoms with van der Waals surface area (Å²) in [7, 11) is 0. The standard InChI is InChI=1S/C25H20FN3O3/c26-20-11-5-6-12-21(20)28-23(30)16-29-22-13-7-4-10-18(22)19(14-24(29)31)25(32)27-15-17-8-2-1-3-9-17/h1-14H,15-16H2,(H,27,32)(H,28,30). The van der Waals surface area contributed by atoms with Gasteiger partial charge in [-0.25, -0.2) is 4.39 Å².